The van der Waals surface area contributed by atoms with Gasteiger partial charge in [0.1, 0.15) is 5.75 Å². The summed E-state index contributed by atoms with van der Waals surface area (Å²) in [5.74, 6) is 2.44. The third-order valence-corrected chi connectivity index (χ3v) is 6.34. The average Bonchev–Trinajstić information content (AvgIpc) is 2.52. The van der Waals surface area contributed by atoms with E-state index in [1.807, 2.05) is 12.1 Å². The summed E-state index contributed by atoms with van der Waals surface area (Å²) in [7, 11) is 1.66. The summed E-state index contributed by atoms with van der Waals surface area (Å²) in [6, 6.07) is 6.15. The lowest BCUT2D eigenvalue weighted by molar-refractivity contribution is 0.257. The fourth-order valence-corrected chi connectivity index (χ4v) is 4.47. The van der Waals surface area contributed by atoms with E-state index in [4.69, 9.17) is 16.3 Å². The maximum atomic E-state index is 6.25. The van der Waals surface area contributed by atoms with Crippen LogP contribution in [0.3, 0.4) is 0 Å². The molecule has 0 saturated heterocycles. The summed E-state index contributed by atoms with van der Waals surface area (Å²) < 4.78 is 5.23. The highest BCUT2D eigenvalue weighted by Crippen LogP contribution is 2.43. The van der Waals surface area contributed by atoms with Crippen LogP contribution in [0.5, 0.6) is 5.75 Å². The zero-order valence-electron chi connectivity index (χ0n) is 13.1. The van der Waals surface area contributed by atoms with Crippen LogP contribution in [-0.4, -0.2) is 7.11 Å². The van der Waals surface area contributed by atoms with Gasteiger partial charge in [0.25, 0.3) is 0 Å². The Morgan fingerprint density at radius 2 is 2.00 bits per heavy atom. The summed E-state index contributed by atoms with van der Waals surface area (Å²) in [4.78, 5) is 0.410. The van der Waals surface area contributed by atoms with Crippen molar-refractivity contribution in [3.05, 3.63) is 28.8 Å². The zero-order chi connectivity index (χ0) is 15.2. The predicted molar refractivity (Wildman–Crippen MR) is 94.6 cm³/mol. The van der Waals surface area contributed by atoms with E-state index in [9.17, 15) is 0 Å². The molecule has 3 heteroatoms. The first-order valence-corrected chi connectivity index (χ1v) is 9.42. The highest BCUT2D eigenvalue weighted by Gasteiger charge is 2.27. The summed E-state index contributed by atoms with van der Waals surface area (Å²) in [5, 5.41) is 0.705. The molecule has 0 radical (unpaired) electrons. The molecule has 0 bridgehead atoms. The highest BCUT2D eigenvalue weighted by atomic mass is 79.9. The molecule has 1 aromatic rings. The van der Waals surface area contributed by atoms with Crippen molar-refractivity contribution in [2.45, 2.75) is 56.7 Å². The molecule has 21 heavy (non-hydrogen) atoms. The van der Waals surface area contributed by atoms with Gasteiger partial charge in [-0.2, -0.15) is 0 Å². The molecule has 0 spiro atoms. The van der Waals surface area contributed by atoms with Gasteiger partial charge < -0.3 is 4.74 Å². The Hall–Kier alpha value is -0.210. The Morgan fingerprint density at radius 1 is 1.29 bits per heavy atom. The second-order valence-corrected chi connectivity index (χ2v) is 7.61. The normalized spacial score (nSPS) is 23.8. The molecule has 1 nitrogen and oxygen atoms in total. The van der Waals surface area contributed by atoms with Crippen molar-refractivity contribution in [2.24, 2.45) is 11.8 Å². The van der Waals surface area contributed by atoms with Gasteiger partial charge in [0.2, 0.25) is 0 Å². The molecule has 0 aliphatic heterocycles. The molecule has 118 valence electrons. The Kier molecular flexibility index (Phi) is 6.88. The van der Waals surface area contributed by atoms with Crippen molar-refractivity contribution in [1.82, 2.24) is 0 Å². The van der Waals surface area contributed by atoms with Crippen LogP contribution in [-0.2, 0) is 0 Å². The van der Waals surface area contributed by atoms with Crippen molar-refractivity contribution >= 4 is 27.5 Å². The van der Waals surface area contributed by atoms with Gasteiger partial charge in [0.05, 0.1) is 12.1 Å². The number of rotatable bonds is 6. The monoisotopic (exact) mass is 372 g/mol. The first-order valence-electron chi connectivity index (χ1n) is 8.13. The zero-order valence-corrected chi connectivity index (χ0v) is 15.4. The van der Waals surface area contributed by atoms with Crippen LogP contribution < -0.4 is 4.74 Å². The first kappa shape index (κ1) is 17.1. The molecule has 1 atom stereocenters. The van der Waals surface area contributed by atoms with E-state index < -0.39 is 0 Å². The van der Waals surface area contributed by atoms with Crippen LogP contribution in [0.15, 0.2) is 18.2 Å². The van der Waals surface area contributed by atoms with Crippen LogP contribution in [0, 0.1) is 11.8 Å². The second kappa shape index (κ2) is 8.43. The third-order valence-electron chi connectivity index (χ3n) is 4.77. The number of benzene rings is 1. The SMILES string of the molecule is CCCCC1CCC(C(Br)c2ccc(OC)c(Cl)c2)CC1. The number of unbranched alkanes of at least 4 members (excludes halogenated alkanes) is 1. The molecule has 1 saturated carbocycles. The topological polar surface area (TPSA) is 9.23 Å². The molecule has 0 aromatic heterocycles. The molecule has 1 fully saturated rings. The first-order chi connectivity index (χ1) is 10.2. The summed E-state index contributed by atoms with van der Waals surface area (Å²) >= 11 is 10.1. The Balaban J connectivity index is 1.92. The van der Waals surface area contributed by atoms with Crippen LogP contribution in [0.4, 0.5) is 0 Å². The molecule has 1 unspecified atom stereocenters. The maximum absolute atomic E-state index is 6.25. The van der Waals surface area contributed by atoms with Crippen LogP contribution >= 0.6 is 27.5 Å². The van der Waals surface area contributed by atoms with E-state index in [1.165, 1.54) is 50.5 Å². The van der Waals surface area contributed by atoms with E-state index in [2.05, 4.69) is 28.9 Å². The molecule has 1 aromatic carbocycles. The molecule has 2 rings (SSSR count). The number of methoxy groups -OCH3 is 1. The van der Waals surface area contributed by atoms with Crippen LogP contribution in [0.1, 0.15) is 62.3 Å². The summed E-state index contributed by atoms with van der Waals surface area (Å²) in [5.41, 5.74) is 1.28. The number of hydrogen-bond donors (Lipinski definition) is 0. The van der Waals surface area contributed by atoms with Gasteiger partial charge in [-0.15, -0.1) is 0 Å². The van der Waals surface area contributed by atoms with Gasteiger partial charge in [-0.25, -0.2) is 0 Å². The molecule has 0 amide bonds. The molecule has 0 N–H and O–H groups in total. The van der Waals surface area contributed by atoms with Crippen LogP contribution in [0.2, 0.25) is 5.02 Å². The van der Waals surface area contributed by atoms with Gasteiger partial charge in [-0.3, -0.25) is 0 Å². The molecule has 0 heterocycles. The van der Waals surface area contributed by atoms with Crippen molar-refractivity contribution in [2.75, 3.05) is 7.11 Å². The largest absolute Gasteiger partial charge is 0.495 e. The van der Waals surface area contributed by atoms with Gasteiger partial charge in [-0.05, 0) is 42.4 Å². The minimum Gasteiger partial charge on any atom is -0.495 e. The summed E-state index contributed by atoms with van der Waals surface area (Å²) in [6.45, 7) is 2.29. The number of ether oxygens (including phenoxy) is 1. The average molecular weight is 374 g/mol. The lowest BCUT2D eigenvalue weighted by atomic mass is 9.77. The molecule has 1 aliphatic carbocycles. The van der Waals surface area contributed by atoms with Gasteiger partial charge >= 0.3 is 0 Å². The number of halogens is 2. The minimum absolute atomic E-state index is 0.410. The number of hydrogen-bond acceptors (Lipinski definition) is 1. The summed E-state index contributed by atoms with van der Waals surface area (Å²) in [6.07, 6.45) is 9.56. The van der Waals surface area contributed by atoms with Gasteiger partial charge in [-0.1, -0.05) is 72.6 Å². The number of alkyl halides is 1. The second-order valence-electron chi connectivity index (χ2n) is 6.22. The smallest absolute Gasteiger partial charge is 0.137 e. The lowest BCUT2D eigenvalue weighted by Gasteiger charge is -2.31. The third kappa shape index (κ3) is 4.63. The van der Waals surface area contributed by atoms with E-state index in [0.717, 1.165) is 17.6 Å². The van der Waals surface area contributed by atoms with Gasteiger partial charge in [0.15, 0.2) is 0 Å². The van der Waals surface area contributed by atoms with E-state index in [-0.39, 0.29) is 0 Å². The minimum atomic E-state index is 0.410. The Labute approximate surface area is 142 Å². The Bertz CT molecular complexity index is 441. The Morgan fingerprint density at radius 3 is 2.57 bits per heavy atom. The van der Waals surface area contributed by atoms with Crippen molar-refractivity contribution in [1.29, 1.82) is 0 Å². The van der Waals surface area contributed by atoms with Crippen molar-refractivity contribution < 1.29 is 4.74 Å². The van der Waals surface area contributed by atoms with Crippen LogP contribution in [0.25, 0.3) is 0 Å². The highest BCUT2D eigenvalue weighted by molar-refractivity contribution is 9.09. The van der Waals surface area contributed by atoms with E-state index >= 15 is 0 Å². The van der Waals surface area contributed by atoms with Crippen molar-refractivity contribution in [3.8, 4) is 5.75 Å². The van der Waals surface area contributed by atoms with E-state index in [1.54, 1.807) is 7.11 Å². The standard InChI is InChI=1S/C18H26BrClO/c1-3-4-5-13-6-8-14(9-7-13)18(19)15-10-11-17(21-2)16(20)12-15/h10-14,18H,3-9H2,1-2H3. The quantitative estimate of drug-likeness (QED) is 0.499. The van der Waals surface area contributed by atoms with Crippen molar-refractivity contribution in [3.63, 3.8) is 0 Å². The fourth-order valence-electron chi connectivity index (χ4n) is 3.39. The fraction of sp³-hybridized carbons (Fsp3) is 0.667. The van der Waals surface area contributed by atoms with Gasteiger partial charge in [0, 0.05) is 4.83 Å². The lowest BCUT2D eigenvalue weighted by Crippen LogP contribution is -2.18. The molecular weight excluding hydrogens is 348 g/mol. The molecule has 1 aliphatic rings. The maximum Gasteiger partial charge on any atom is 0.137 e. The predicted octanol–water partition coefficient (Wildman–Crippen LogP) is 6.78. The molecular formula is C18H26BrClO. The van der Waals surface area contributed by atoms with E-state index in [0.29, 0.717) is 9.85 Å².